The summed E-state index contributed by atoms with van der Waals surface area (Å²) >= 11 is 5.02. The average molecular weight is 267 g/mol. The van der Waals surface area contributed by atoms with E-state index < -0.39 is 5.54 Å². The Hall–Kier alpha value is -1.69. The second-order valence-electron chi connectivity index (χ2n) is 4.05. The second-order valence-corrected chi connectivity index (χ2v) is 4.49. The van der Waals surface area contributed by atoms with Gasteiger partial charge in [0.15, 0.2) is 0 Å². The van der Waals surface area contributed by atoms with E-state index in [1.54, 1.807) is 0 Å². The smallest absolute Gasteiger partial charge is 0.252 e. The van der Waals surface area contributed by atoms with Gasteiger partial charge in [-0.2, -0.15) is 0 Å². The number of hydrogen-bond donors (Lipinski definition) is 3. The molecule has 1 aromatic heterocycles. The first-order valence-electron chi connectivity index (χ1n) is 5.76. The minimum atomic E-state index is -0.699. The molecular weight excluding hydrogens is 250 g/mol. The van der Waals surface area contributed by atoms with E-state index in [0.29, 0.717) is 18.4 Å². The summed E-state index contributed by atoms with van der Waals surface area (Å²) in [6.07, 6.45) is 2.64. The molecule has 0 aliphatic carbocycles. The lowest BCUT2D eigenvalue weighted by molar-refractivity contribution is 0.0919. The number of hydrogen-bond acceptors (Lipinski definition) is 3. The summed E-state index contributed by atoms with van der Waals surface area (Å²) < 4.78 is 0. The van der Waals surface area contributed by atoms with Crippen molar-refractivity contribution >= 4 is 23.1 Å². The lowest BCUT2D eigenvalue weighted by Gasteiger charge is -2.31. The molecule has 1 amide bonds. The fourth-order valence-corrected chi connectivity index (χ4v) is 2.05. The summed E-state index contributed by atoms with van der Waals surface area (Å²) in [6.45, 7) is 3.81. The number of aromatic amines is 1. The van der Waals surface area contributed by atoms with Gasteiger partial charge in [-0.1, -0.05) is 26.1 Å². The van der Waals surface area contributed by atoms with Crippen LogP contribution in [0.25, 0.3) is 0 Å². The molecule has 0 aromatic carbocycles. The van der Waals surface area contributed by atoms with Crippen LogP contribution >= 0.6 is 12.2 Å². The number of amides is 1. The molecule has 5 nitrogen and oxygen atoms in total. The highest BCUT2D eigenvalue weighted by Gasteiger charge is 2.31. The number of thiocarbonyl (C=S) groups is 1. The van der Waals surface area contributed by atoms with Crippen LogP contribution < -0.4 is 16.6 Å². The molecule has 0 aliphatic rings. The fraction of sp³-hybridized carbons (Fsp3) is 0.417. The molecule has 4 N–H and O–H groups in total. The van der Waals surface area contributed by atoms with E-state index in [1.165, 1.54) is 18.3 Å². The monoisotopic (exact) mass is 267 g/mol. The lowest BCUT2D eigenvalue weighted by Crippen LogP contribution is -2.56. The zero-order valence-electron chi connectivity index (χ0n) is 10.4. The van der Waals surface area contributed by atoms with Crippen LogP contribution in [0.1, 0.15) is 37.0 Å². The number of carbonyl (C=O) groups is 1. The molecule has 1 rings (SSSR count). The van der Waals surface area contributed by atoms with Crippen molar-refractivity contribution in [1.82, 2.24) is 10.3 Å². The number of nitrogens with two attached hydrogens (primary N) is 1. The zero-order valence-corrected chi connectivity index (χ0v) is 11.3. The quantitative estimate of drug-likeness (QED) is 0.693. The molecule has 0 atom stereocenters. The molecule has 0 unspecified atom stereocenters. The van der Waals surface area contributed by atoms with Gasteiger partial charge in [-0.15, -0.1) is 0 Å². The highest BCUT2D eigenvalue weighted by molar-refractivity contribution is 7.80. The summed E-state index contributed by atoms with van der Waals surface area (Å²) in [5.74, 6) is -0.349. The minimum Gasteiger partial charge on any atom is -0.391 e. The van der Waals surface area contributed by atoms with Gasteiger partial charge in [0.2, 0.25) is 5.56 Å². The normalized spacial score (nSPS) is 11.0. The van der Waals surface area contributed by atoms with Crippen molar-refractivity contribution in [2.24, 2.45) is 5.73 Å². The van der Waals surface area contributed by atoms with Crippen molar-refractivity contribution in [3.05, 3.63) is 34.2 Å². The first-order valence-corrected chi connectivity index (χ1v) is 6.17. The molecule has 1 heterocycles. The van der Waals surface area contributed by atoms with Crippen molar-refractivity contribution in [2.45, 2.75) is 32.2 Å². The Morgan fingerprint density at radius 3 is 2.56 bits per heavy atom. The highest BCUT2D eigenvalue weighted by Crippen LogP contribution is 2.16. The third kappa shape index (κ3) is 2.95. The topological polar surface area (TPSA) is 88.0 Å². The van der Waals surface area contributed by atoms with Gasteiger partial charge in [-0.3, -0.25) is 9.59 Å². The molecule has 0 aliphatic heterocycles. The Labute approximate surface area is 111 Å². The van der Waals surface area contributed by atoms with Crippen LogP contribution in [0.3, 0.4) is 0 Å². The molecule has 0 saturated carbocycles. The standard InChI is InChI=1S/C12H17N3O2S/c1-3-12(4-2,11(13)18)15-10(17)8-5-6-14-9(16)7-8/h5-7H,3-4H2,1-2H3,(H2,13,18)(H,14,16)(H,15,17). The molecule has 0 spiro atoms. The molecule has 0 radical (unpaired) electrons. The summed E-state index contributed by atoms with van der Waals surface area (Å²) in [5.41, 5.74) is 4.97. The van der Waals surface area contributed by atoms with Gasteiger partial charge >= 0.3 is 0 Å². The van der Waals surface area contributed by atoms with Crippen LogP contribution in [0.4, 0.5) is 0 Å². The average Bonchev–Trinajstić information content (AvgIpc) is 2.35. The Balaban J connectivity index is 2.99. The van der Waals surface area contributed by atoms with Gasteiger partial charge in [0.25, 0.3) is 5.91 Å². The third-order valence-electron chi connectivity index (χ3n) is 3.07. The van der Waals surface area contributed by atoms with Gasteiger partial charge in [0.1, 0.15) is 0 Å². The number of pyridine rings is 1. The SMILES string of the molecule is CCC(CC)(NC(=O)c1cc[nH]c(=O)c1)C(N)=S. The summed E-state index contributed by atoms with van der Waals surface area (Å²) in [7, 11) is 0. The van der Waals surface area contributed by atoms with E-state index >= 15 is 0 Å². The Bertz CT molecular complexity index is 506. The van der Waals surface area contributed by atoms with Gasteiger partial charge < -0.3 is 16.0 Å². The minimum absolute atomic E-state index is 0.255. The van der Waals surface area contributed by atoms with E-state index in [0.717, 1.165) is 0 Å². The largest absolute Gasteiger partial charge is 0.391 e. The Morgan fingerprint density at radius 1 is 1.50 bits per heavy atom. The number of nitrogens with one attached hydrogen (secondary N) is 2. The van der Waals surface area contributed by atoms with E-state index in [-0.39, 0.29) is 16.5 Å². The van der Waals surface area contributed by atoms with Crippen molar-refractivity contribution in [2.75, 3.05) is 0 Å². The van der Waals surface area contributed by atoms with Crippen LogP contribution in [-0.2, 0) is 0 Å². The van der Waals surface area contributed by atoms with Gasteiger partial charge in [0.05, 0.1) is 10.5 Å². The third-order valence-corrected chi connectivity index (χ3v) is 3.46. The summed E-state index contributed by atoms with van der Waals surface area (Å²) in [4.78, 5) is 25.9. The summed E-state index contributed by atoms with van der Waals surface area (Å²) in [5, 5.41) is 2.81. The lowest BCUT2D eigenvalue weighted by atomic mass is 9.92. The molecule has 0 bridgehead atoms. The number of aromatic nitrogens is 1. The van der Waals surface area contributed by atoms with Crippen LogP contribution in [0.2, 0.25) is 0 Å². The predicted molar refractivity (Wildman–Crippen MR) is 74.6 cm³/mol. The molecule has 18 heavy (non-hydrogen) atoms. The van der Waals surface area contributed by atoms with Crippen LogP contribution in [0.5, 0.6) is 0 Å². The fourth-order valence-electron chi connectivity index (χ4n) is 1.71. The molecular formula is C12H17N3O2S. The van der Waals surface area contributed by atoms with E-state index in [2.05, 4.69) is 10.3 Å². The maximum absolute atomic E-state index is 12.1. The number of carbonyl (C=O) groups excluding carboxylic acids is 1. The number of H-pyrrole nitrogens is 1. The van der Waals surface area contributed by atoms with Gasteiger partial charge in [-0.25, -0.2) is 0 Å². The van der Waals surface area contributed by atoms with Crippen molar-refractivity contribution in [3.8, 4) is 0 Å². The first kappa shape index (κ1) is 14.4. The first-order chi connectivity index (χ1) is 8.45. The molecule has 1 aromatic rings. The van der Waals surface area contributed by atoms with Crippen LogP contribution in [0.15, 0.2) is 23.1 Å². The van der Waals surface area contributed by atoms with Gasteiger partial charge in [-0.05, 0) is 18.9 Å². The zero-order chi connectivity index (χ0) is 13.8. The second kappa shape index (κ2) is 5.77. The highest BCUT2D eigenvalue weighted by atomic mass is 32.1. The van der Waals surface area contributed by atoms with Crippen molar-refractivity contribution < 1.29 is 4.79 Å². The van der Waals surface area contributed by atoms with Crippen molar-refractivity contribution in [3.63, 3.8) is 0 Å². The predicted octanol–water partition coefficient (Wildman–Crippen LogP) is 0.950. The van der Waals surface area contributed by atoms with Crippen molar-refractivity contribution in [1.29, 1.82) is 0 Å². The van der Waals surface area contributed by atoms with E-state index in [9.17, 15) is 9.59 Å². The molecule has 0 fully saturated rings. The number of rotatable bonds is 5. The van der Waals surface area contributed by atoms with Gasteiger partial charge in [0, 0.05) is 17.8 Å². The Morgan fingerprint density at radius 2 is 2.11 bits per heavy atom. The maximum atomic E-state index is 12.1. The summed E-state index contributed by atoms with van der Waals surface area (Å²) in [6, 6.07) is 2.78. The Kier molecular flexibility index (Phi) is 4.61. The maximum Gasteiger partial charge on any atom is 0.252 e. The molecule has 98 valence electrons. The molecule has 6 heteroatoms. The van der Waals surface area contributed by atoms with E-state index in [4.69, 9.17) is 18.0 Å². The van der Waals surface area contributed by atoms with Crippen LogP contribution in [-0.4, -0.2) is 21.4 Å². The molecule has 0 saturated heterocycles. The van der Waals surface area contributed by atoms with Crippen LogP contribution in [0, 0.1) is 0 Å². The van der Waals surface area contributed by atoms with E-state index in [1.807, 2.05) is 13.8 Å².